The highest BCUT2D eigenvalue weighted by Crippen LogP contribution is 2.35. The number of anilines is 2. The van der Waals surface area contributed by atoms with E-state index in [2.05, 4.69) is 15.6 Å². The quantitative estimate of drug-likeness (QED) is 0.665. The second kappa shape index (κ2) is 8.51. The Hall–Kier alpha value is -3.82. The number of piperidine rings is 2. The average Bonchev–Trinajstić information content (AvgIpc) is 3.08. The molecule has 0 aliphatic carbocycles. The lowest BCUT2D eigenvalue weighted by molar-refractivity contribution is -0.136. The Morgan fingerprint density at radius 2 is 1.74 bits per heavy atom. The standard InChI is InChI=1S/C24H24FN5O4/c1-26-20-4-2-3-17(27-20)13-7-9-29(10-8-13)19-12-15-14(11-16(19)25)23(33)30(24(15)34)18-5-6-21(31)28-22(18)32/h2-4,11-13,18H,5-10H2,1H3,(H,26,27)(H,28,31,32). The normalized spacial score (nSPS) is 21.1. The maximum absolute atomic E-state index is 15.1. The van der Waals surface area contributed by atoms with Crippen LogP contribution in [-0.2, 0) is 9.59 Å². The molecule has 3 aliphatic heterocycles. The lowest BCUT2D eigenvalue weighted by Gasteiger charge is -2.33. The first kappa shape index (κ1) is 22.0. The highest BCUT2D eigenvalue weighted by Gasteiger charge is 2.45. The molecule has 2 fully saturated rings. The second-order valence-electron chi connectivity index (χ2n) is 8.76. The van der Waals surface area contributed by atoms with Crippen molar-refractivity contribution in [3.63, 3.8) is 0 Å². The summed E-state index contributed by atoms with van der Waals surface area (Å²) in [5, 5.41) is 5.19. The molecule has 2 aromatic rings. The van der Waals surface area contributed by atoms with E-state index >= 15 is 4.39 Å². The van der Waals surface area contributed by atoms with Gasteiger partial charge in [0.15, 0.2) is 0 Å². The zero-order valence-corrected chi connectivity index (χ0v) is 18.6. The molecule has 3 aliphatic rings. The van der Waals surface area contributed by atoms with Gasteiger partial charge in [0.25, 0.3) is 11.8 Å². The molecule has 1 unspecified atom stereocenters. The van der Waals surface area contributed by atoms with Crippen LogP contribution in [0.3, 0.4) is 0 Å². The van der Waals surface area contributed by atoms with E-state index in [1.54, 1.807) is 0 Å². The zero-order chi connectivity index (χ0) is 24.0. The lowest BCUT2D eigenvalue weighted by Crippen LogP contribution is -2.54. The van der Waals surface area contributed by atoms with Crippen molar-refractivity contribution < 1.29 is 23.6 Å². The maximum Gasteiger partial charge on any atom is 0.262 e. The number of nitrogens with one attached hydrogen (secondary N) is 2. The second-order valence-corrected chi connectivity index (χ2v) is 8.76. The van der Waals surface area contributed by atoms with Crippen molar-refractivity contribution in [2.45, 2.75) is 37.6 Å². The van der Waals surface area contributed by atoms with Crippen LogP contribution < -0.4 is 15.5 Å². The number of carbonyl (C=O) groups excluding carboxylic acids is 4. The Morgan fingerprint density at radius 3 is 2.41 bits per heavy atom. The van der Waals surface area contributed by atoms with Crippen molar-refractivity contribution in [3.05, 3.63) is 53.0 Å². The third-order valence-electron chi connectivity index (χ3n) is 6.79. The van der Waals surface area contributed by atoms with Gasteiger partial charge in [-0.1, -0.05) is 6.07 Å². The highest BCUT2D eigenvalue weighted by atomic mass is 19.1. The molecule has 4 amide bonds. The number of hydrogen-bond donors (Lipinski definition) is 2. The van der Waals surface area contributed by atoms with Crippen LogP contribution in [0.15, 0.2) is 30.3 Å². The number of aromatic nitrogens is 1. The van der Waals surface area contributed by atoms with E-state index in [0.717, 1.165) is 35.3 Å². The molecule has 0 bridgehead atoms. The van der Waals surface area contributed by atoms with Crippen LogP contribution in [0, 0.1) is 5.82 Å². The van der Waals surface area contributed by atoms with Gasteiger partial charge in [-0.05, 0) is 43.5 Å². The van der Waals surface area contributed by atoms with Gasteiger partial charge >= 0.3 is 0 Å². The number of fused-ring (bicyclic) bond motifs is 1. The van der Waals surface area contributed by atoms with Crippen LogP contribution in [0.1, 0.15) is 58.0 Å². The molecule has 10 heteroatoms. The molecule has 0 radical (unpaired) electrons. The maximum atomic E-state index is 15.1. The molecule has 1 aromatic heterocycles. The zero-order valence-electron chi connectivity index (χ0n) is 18.6. The number of pyridine rings is 1. The van der Waals surface area contributed by atoms with Crippen molar-refractivity contribution in [3.8, 4) is 0 Å². The van der Waals surface area contributed by atoms with E-state index in [-0.39, 0.29) is 35.6 Å². The summed E-state index contributed by atoms with van der Waals surface area (Å²) in [5.41, 5.74) is 1.28. The summed E-state index contributed by atoms with van der Waals surface area (Å²) >= 11 is 0. The predicted molar refractivity (Wildman–Crippen MR) is 121 cm³/mol. The molecule has 9 nitrogen and oxygen atoms in total. The summed E-state index contributed by atoms with van der Waals surface area (Å²) in [6, 6.07) is 7.27. The first-order valence-corrected chi connectivity index (χ1v) is 11.3. The molecule has 1 atom stereocenters. The summed E-state index contributed by atoms with van der Waals surface area (Å²) < 4.78 is 15.1. The van der Waals surface area contributed by atoms with Gasteiger partial charge in [-0.15, -0.1) is 0 Å². The van der Waals surface area contributed by atoms with E-state index in [4.69, 9.17) is 0 Å². The topological polar surface area (TPSA) is 112 Å². The van der Waals surface area contributed by atoms with Gasteiger partial charge < -0.3 is 10.2 Å². The molecule has 0 spiro atoms. The number of imide groups is 2. The Kier molecular flexibility index (Phi) is 5.51. The summed E-state index contributed by atoms with van der Waals surface area (Å²) in [6.45, 7) is 1.15. The number of hydrogen-bond acceptors (Lipinski definition) is 7. The third-order valence-corrected chi connectivity index (χ3v) is 6.79. The van der Waals surface area contributed by atoms with Crippen LogP contribution in [0.5, 0.6) is 0 Å². The van der Waals surface area contributed by atoms with E-state index in [9.17, 15) is 19.2 Å². The van der Waals surface area contributed by atoms with Gasteiger partial charge in [0, 0.05) is 38.2 Å². The fourth-order valence-corrected chi connectivity index (χ4v) is 4.96. The van der Waals surface area contributed by atoms with Crippen LogP contribution in [0.2, 0.25) is 0 Å². The molecule has 5 rings (SSSR count). The molecule has 176 valence electrons. The Balaban J connectivity index is 1.35. The van der Waals surface area contributed by atoms with Crippen LogP contribution >= 0.6 is 0 Å². The summed E-state index contributed by atoms with van der Waals surface area (Å²) in [6.07, 6.45) is 1.63. The number of carbonyl (C=O) groups is 4. The Bertz CT molecular complexity index is 1210. The average molecular weight is 465 g/mol. The minimum absolute atomic E-state index is 0.0322. The molecular formula is C24H24FN5O4. The minimum atomic E-state index is -1.08. The fraction of sp³-hybridized carbons (Fsp3) is 0.375. The van der Waals surface area contributed by atoms with Crippen molar-refractivity contribution >= 4 is 35.1 Å². The summed E-state index contributed by atoms with van der Waals surface area (Å²) in [7, 11) is 1.82. The van der Waals surface area contributed by atoms with Crippen molar-refractivity contribution in [2.24, 2.45) is 0 Å². The predicted octanol–water partition coefficient (Wildman–Crippen LogP) is 2.05. The van der Waals surface area contributed by atoms with E-state index in [1.807, 2.05) is 30.1 Å². The summed E-state index contributed by atoms with van der Waals surface area (Å²) in [4.78, 5) is 57.0. The SMILES string of the molecule is CNc1cccc(C2CCN(c3cc4c(cc3F)C(=O)N(C3CCC(=O)NC3=O)C4=O)CC2)n1. The van der Waals surface area contributed by atoms with Gasteiger partial charge in [0.2, 0.25) is 11.8 Å². The van der Waals surface area contributed by atoms with Gasteiger partial charge in [0.05, 0.1) is 16.8 Å². The van der Waals surface area contributed by atoms with E-state index in [1.165, 1.54) is 6.07 Å². The molecule has 1 aromatic carbocycles. The van der Waals surface area contributed by atoms with Crippen LogP contribution in [0.25, 0.3) is 0 Å². The number of nitrogens with zero attached hydrogens (tertiary/aromatic N) is 3. The monoisotopic (exact) mass is 465 g/mol. The molecule has 34 heavy (non-hydrogen) atoms. The third kappa shape index (κ3) is 3.68. The minimum Gasteiger partial charge on any atom is -0.373 e. The van der Waals surface area contributed by atoms with E-state index < -0.39 is 35.5 Å². The van der Waals surface area contributed by atoms with Gasteiger partial charge in [-0.2, -0.15) is 0 Å². The van der Waals surface area contributed by atoms with Gasteiger partial charge in [-0.25, -0.2) is 9.37 Å². The van der Waals surface area contributed by atoms with E-state index in [0.29, 0.717) is 13.1 Å². The number of rotatable bonds is 4. The summed E-state index contributed by atoms with van der Waals surface area (Å²) in [5.74, 6) is -2.03. The molecule has 0 saturated carbocycles. The molecule has 2 N–H and O–H groups in total. The first-order valence-electron chi connectivity index (χ1n) is 11.3. The first-order chi connectivity index (χ1) is 16.4. The number of halogens is 1. The van der Waals surface area contributed by atoms with Gasteiger partial charge in [0.1, 0.15) is 17.7 Å². The number of benzene rings is 1. The smallest absolute Gasteiger partial charge is 0.262 e. The fourth-order valence-electron chi connectivity index (χ4n) is 4.96. The molecular weight excluding hydrogens is 441 g/mol. The Morgan fingerprint density at radius 1 is 1.03 bits per heavy atom. The Labute approximate surface area is 195 Å². The largest absolute Gasteiger partial charge is 0.373 e. The van der Waals surface area contributed by atoms with Crippen molar-refractivity contribution in [1.82, 2.24) is 15.2 Å². The van der Waals surface area contributed by atoms with Crippen molar-refractivity contribution in [1.29, 1.82) is 0 Å². The molecule has 2 saturated heterocycles. The molecule has 4 heterocycles. The van der Waals surface area contributed by atoms with Crippen LogP contribution in [-0.4, -0.2) is 59.7 Å². The van der Waals surface area contributed by atoms with Gasteiger partial charge in [-0.3, -0.25) is 29.4 Å². The highest BCUT2D eigenvalue weighted by molar-refractivity contribution is 6.23. The van der Waals surface area contributed by atoms with Crippen LogP contribution in [0.4, 0.5) is 15.9 Å². The number of amides is 4. The lowest BCUT2D eigenvalue weighted by atomic mass is 9.92. The van der Waals surface area contributed by atoms with Crippen molar-refractivity contribution in [2.75, 3.05) is 30.4 Å².